The molecule has 4 aromatic rings. The first-order chi connectivity index (χ1) is 11.6. The molecule has 0 saturated heterocycles. The van der Waals surface area contributed by atoms with Crippen LogP contribution in [0.2, 0.25) is 0 Å². The van der Waals surface area contributed by atoms with E-state index in [1.165, 1.54) is 16.9 Å². The number of pyridine rings is 1. The lowest BCUT2D eigenvalue weighted by Crippen LogP contribution is -2.04. The fourth-order valence-corrected chi connectivity index (χ4v) is 4.62. The van der Waals surface area contributed by atoms with Crippen LogP contribution in [0.15, 0.2) is 53.3 Å². The van der Waals surface area contributed by atoms with Crippen LogP contribution in [0, 0.1) is 0 Å². The van der Waals surface area contributed by atoms with Gasteiger partial charge in [0, 0.05) is 21.2 Å². The van der Waals surface area contributed by atoms with Crippen molar-refractivity contribution in [1.82, 2.24) is 4.98 Å². The molecule has 2 N–H and O–H groups in total. The number of aromatic nitrogens is 1. The molecule has 120 valence electrons. The number of hydrogen-bond donors (Lipinski definition) is 2. The molecule has 2 heterocycles. The maximum Gasteiger partial charge on any atom is 0.266 e. The second-order valence-electron chi connectivity index (χ2n) is 6.25. The summed E-state index contributed by atoms with van der Waals surface area (Å²) in [4.78, 5) is 16.7. The van der Waals surface area contributed by atoms with Gasteiger partial charge in [-0.25, -0.2) is 0 Å². The molecule has 0 amide bonds. The van der Waals surface area contributed by atoms with Crippen LogP contribution < -0.4 is 5.56 Å². The minimum Gasteiger partial charge on any atom is -0.508 e. The summed E-state index contributed by atoms with van der Waals surface area (Å²) < 4.78 is 0.718. The fourth-order valence-electron chi connectivity index (χ4n) is 3.25. The molecule has 0 radical (unpaired) electrons. The number of nitrogens with one attached hydrogen (secondary N) is 1. The van der Waals surface area contributed by atoms with Crippen molar-refractivity contribution in [2.24, 2.45) is 0 Å². The van der Waals surface area contributed by atoms with Gasteiger partial charge in [0.15, 0.2) is 0 Å². The van der Waals surface area contributed by atoms with Gasteiger partial charge in [0.25, 0.3) is 5.56 Å². The molecule has 0 saturated carbocycles. The van der Waals surface area contributed by atoms with E-state index in [4.69, 9.17) is 0 Å². The number of H-pyrrole nitrogens is 1. The molecule has 0 bridgehead atoms. The van der Waals surface area contributed by atoms with Crippen molar-refractivity contribution in [3.63, 3.8) is 0 Å². The van der Waals surface area contributed by atoms with E-state index in [-0.39, 0.29) is 17.2 Å². The first-order valence-corrected chi connectivity index (χ1v) is 8.74. The molecule has 4 rings (SSSR count). The van der Waals surface area contributed by atoms with Crippen LogP contribution in [0.3, 0.4) is 0 Å². The van der Waals surface area contributed by atoms with Gasteiger partial charge in [-0.1, -0.05) is 44.2 Å². The number of rotatable bonds is 2. The van der Waals surface area contributed by atoms with Crippen LogP contribution in [-0.4, -0.2) is 10.1 Å². The highest BCUT2D eigenvalue weighted by Gasteiger charge is 2.20. The third-order valence-electron chi connectivity index (χ3n) is 4.29. The van der Waals surface area contributed by atoms with Crippen LogP contribution in [0.25, 0.3) is 31.4 Å². The molecule has 2 aromatic heterocycles. The second kappa shape index (κ2) is 5.49. The summed E-state index contributed by atoms with van der Waals surface area (Å²) in [6, 6.07) is 15.3. The zero-order chi connectivity index (χ0) is 16.8. The summed E-state index contributed by atoms with van der Waals surface area (Å²) in [6.45, 7) is 4.29. The van der Waals surface area contributed by atoms with Crippen LogP contribution in [-0.2, 0) is 0 Å². The molecule has 2 aromatic carbocycles. The number of thiophene rings is 1. The maximum atomic E-state index is 12.6. The summed E-state index contributed by atoms with van der Waals surface area (Å²) in [6.07, 6.45) is 0. The van der Waals surface area contributed by atoms with Gasteiger partial charge in [0.2, 0.25) is 0 Å². The van der Waals surface area contributed by atoms with E-state index < -0.39 is 0 Å². The Morgan fingerprint density at radius 2 is 1.83 bits per heavy atom. The van der Waals surface area contributed by atoms with Gasteiger partial charge in [0.05, 0.1) is 0 Å². The summed E-state index contributed by atoms with van der Waals surface area (Å²) in [5, 5.41) is 11.8. The van der Waals surface area contributed by atoms with Crippen LogP contribution >= 0.6 is 11.3 Å². The van der Waals surface area contributed by atoms with Crippen molar-refractivity contribution in [2.45, 2.75) is 19.8 Å². The summed E-state index contributed by atoms with van der Waals surface area (Å²) in [5.41, 5.74) is 2.97. The molecule has 0 aliphatic carbocycles. The lowest BCUT2D eigenvalue weighted by molar-refractivity contribution is 0.476. The minimum absolute atomic E-state index is 0.0720. The molecule has 24 heavy (non-hydrogen) atoms. The van der Waals surface area contributed by atoms with Gasteiger partial charge in [-0.05, 0) is 35.2 Å². The number of benzene rings is 2. The zero-order valence-corrected chi connectivity index (χ0v) is 14.3. The fraction of sp³-hybridized carbons (Fsp3) is 0.150. The Labute approximate surface area is 143 Å². The third-order valence-corrected chi connectivity index (χ3v) is 5.54. The number of phenolic OH excluding ortho intramolecular Hbond substituents is 1. The number of aromatic hydroxyl groups is 1. The van der Waals surface area contributed by atoms with Crippen molar-refractivity contribution < 1.29 is 5.11 Å². The Morgan fingerprint density at radius 3 is 2.54 bits per heavy atom. The number of aromatic amines is 1. The van der Waals surface area contributed by atoms with Crippen molar-refractivity contribution in [3.05, 3.63) is 64.4 Å². The lowest BCUT2D eigenvalue weighted by atomic mass is 9.95. The van der Waals surface area contributed by atoms with Crippen LogP contribution in [0.5, 0.6) is 5.75 Å². The maximum absolute atomic E-state index is 12.6. The molecular weight excluding hydrogens is 318 g/mol. The average molecular weight is 335 g/mol. The van der Waals surface area contributed by atoms with E-state index in [0.717, 1.165) is 31.4 Å². The summed E-state index contributed by atoms with van der Waals surface area (Å²) in [5.74, 6) is 0.472. The smallest absolute Gasteiger partial charge is 0.266 e. The topological polar surface area (TPSA) is 53.1 Å². The monoisotopic (exact) mass is 335 g/mol. The Hall–Kier alpha value is -2.59. The van der Waals surface area contributed by atoms with E-state index in [1.54, 1.807) is 18.2 Å². The molecular formula is C20H17NO2S. The Kier molecular flexibility index (Phi) is 3.43. The Bertz CT molecular complexity index is 1110. The van der Waals surface area contributed by atoms with E-state index in [1.807, 2.05) is 18.2 Å². The Balaban J connectivity index is 2.22. The molecule has 0 unspecified atom stereocenters. The normalized spacial score (nSPS) is 11.6. The van der Waals surface area contributed by atoms with Crippen LogP contribution in [0.4, 0.5) is 0 Å². The molecule has 0 fully saturated rings. The number of phenols is 1. The van der Waals surface area contributed by atoms with E-state index in [9.17, 15) is 9.90 Å². The molecule has 4 heteroatoms. The highest BCUT2D eigenvalue weighted by molar-refractivity contribution is 7.22. The quantitative estimate of drug-likeness (QED) is 0.526. The van der Waals surface area contributed by atoms with E-state index in [0.29, 0.717) is 0 Å². The predicted molar refractivity (Wildman–Crippen MR) is 101 cm³/mol. The van der Waals surface area contributed by atoms with Gasteiger partial charge in [0.1, 0.15) is 10.4 Å². The summed E-state index contributed by atoms with van der Waals surface area (Å²) >= 11 is 1.53. The van der Waals surface area contributed by atoms with Gasteiger partial charge in [-0.15, -0.1) is 11.3 Å². The lowest BCUT2D eigenvalue weighted by Gasteiger charge is -2.10. The van der Waals surface area contributed by atoms with Crippen molar-refractivity contribution >= 4 is 32.3 Å². The number of hydrogen-bond acceptors (Lipinski definition) is 3. The standard InChI is InChI=1S/C20H17NO2S/c1-11(2)16-17-14-10-13(22)8-9-15(14)21-20(23)19(17)24-18(16)12-6-4-3-5-7-12/h3-11,22H,1-2H3,(H,21,23). The van der Waals surface area contributed by atoms with E-state index in [2.05, 4.69) is 31.0 Å². The van der Waals surface area contributed by atoms with Gasteiger partial charge >= 0.3 is 0 Å². The molecule has 0 aliphatic heterocycles. The zero-order valence-electron chi connectivity index (χ0n) is 13.5. The minimum atomic E-state index is -0.0720. The molecule has 3 nitrogen and oxygen atoms in total. The largest absolute Gasteiger partial charge is 0.508 e. The molecule has 0 spiro atoms. The highest BCUT2D eigenvalue weighted by atomic mass is 32.1. The summed E-state index contributed by atoms with van der Waals surface area (Å²) in [7, 11) is 0. The first kappa shape index (κ1) is 15.0. The SMILES string of the molecule is CC(C)c1c(-c2ccccc2)sc2c(=O)[nH]c3ccc(O)cc3c12. The van der Waals surface area contributed by atoms with Crippen LogP contribution in [0.1, 0.15) is 25.3 Å². The predicted octanol–water partition coefficient (Wildman–Crippen LogP) is 5.24. The molecule has 0 atom stereocenters. The van der Waals surface area contributed by atoms with Gasteiger partial charge < -0.3 is 10.1 Å². The molecule has 0 aliphatic rings. The first-order valence-electron chi connectivity index (χ1n) is 7.93. The van der Waals surface area contributed by atoms with Crippen molar-refractivity contribution in [2.75, 3.05) is 0 Å². The van der Waals surface area contributed by atoms with E-state index >= 15 is 0 Å². The van der Waals surface area contributed by atoms with Gasteiger partial charge in [-0.3, -0.25) is 4.79 Å². The average Bonchev–Trinajstić information content (AvgIpc) is 2.98. The Morgan fingerprint density at radius 1 is 1.08 bits per heavy atom. The van der Waals surface area contributed by atoms with Crippen molar-refractivity contribution in [3.8, 4) is 16.2 Å². The second-order valence-corrected chi connectivity index (χ2v) is 7.27. The highest BCUT2D eigenvalue weighted by Crippen LogP contribution is 2.43. The number of fused-ring (bicyclic) bond motifs is 3. The van der Waals surface area contributed by atoms with Crippen molar-refractivity contribution in [1.29, 1.82) is 0 Å². The third kappa shape index (κ3) is 2.22. The van der Waals surface area contributed by atoms with Gasteiger partial charge in [-0.2, -0.15) is 0 Å².